The summed E-state index contributed by atoms with van der Waals surface area (Å²) in [7, 11) is 3.87. The molecule has 1 saturated heterocycles. The van der Waals surface area contributed by atoms with Crippen molar-refractivity contribution in [2.24, 2.45) is 0 Å². The highest BCUT2D eigenvalue weighted by Crippen LogP contribution is 2.42. The Labute approximate surface area is 189 Å². The van der Waals surface area contributed by atoms with Crippen molar-refractivity contribution in [3.8, 4) is 17.0 Å². The van der Waals surface area contributed by atoms with Gasteiger partial charge in [0.15, 0.2) is 0 Å². The highest BCUT2D eigenvalue weighted by molar-refractivity contribution is 5.92. The third-order valence-electron chi connectivity index (χ3n) is 6.54. The molecule has 5 nitrogen and oxygen atoms in total. The number of likely N-dealkylation sites (N-methyl/N-ethyl adjacent to an activating group) is 1. The van der Waals surface area contributed by atoms with Crippen LogP contribution in [-0.4, -0.2) is 60.1 Å². The van der Waals surface area contributed by atoms with Crippen LogP contribution in [0, 0.1) is 0 Å². The molecule has 5 rings (SSSR count). The van der Waals surface area contributed by atoms with Gasteiger partial charge in [0.25, 0.3) is 0 Å². The van der Waals surface area contributed by atoms with E-state index >= 15 is 0 Å². The zero-order valence-electron chi connectivity index (χ0n) is 18.6. The SMILES string of the molecule is COc1ccc([C@H](c2c(-c3ccccc3)n(O)c3ccccc23)N2CCN(C)CC2)cc1. The molecule has 0 aliphatic carbocycles. The van der Waals surface area contributed by atoms with Crippen molar-refractivity contribution in [3.05, 3.63) is 90.0 Å². The Balaban J connectivity index is 1.76. The monoisotopic (exact) mass is 427 g/mol. The number of nitrogens with zero attached hydrogens (tertiary/aromatic N) is 3. The summed E-state index contributed by atoms with van der Waals surface area (Å²) in [5.41, 5.74) is 5.03. The molecule has 0 spiro atoms. The molecule has 2 heterocycles. The molecular weight excluding hydrogens is 398 g/mol. The van der Waals surface area contributed by atoms with Gasteiger partial charge in [0.05, 0.1) is 24.4 Å². The van der Waals surface area contributed by atoms with E-state index in [9.17, 15) is 5.21 Å². The van der Waals surface area contributed by atoms with Crippen LogP contribution in [0.1, 0.15) is 17.2 Å². The Bertz CT molecular complexity index is 1190. The van der Waals surface area contributed by atoms with E-state index in [4.69, 9.17) is 4.74 Å². The van der Waals surface area contributed by atoms with E-state index in [0.717, 1.165) is 59.7 Å². The summed E-state index contributed by atoms with van der Waals surface area (Å²) in [6.07, 6.45) is 0. The molecule has 1 aliphatic heterocycles. The second kappa shape index (κ2) is 8.69. The maximum absolute atomic E-state index is 11.3. The van der Waals surface area contributed by atoms with Crippen LogP contribution in [0.25, 0.3) is 22.2 Å². The van der Waals surface area contributed by atoms with Crippen molar-refractivity contribution in [2.75, 3.05) is 40.3 Å². The summed E-state index contributed by atoms with van der Waals surface area (Å²) >= 11 is 0. The van der Waals surface area contributed by atoms with Gasteiger partial charge in [-0.25, -0.2) is 0 Å². The molecule has 0 saturated carbocycles. The number of benzene rings is 3. The molecule has 1 aromatic heterocycles. The average molecular weight is 428 g/mol. The van der Waals surface area contributed by atoms with Gasteiger partial charge in [-0.1, -0.05) is 60.7 Å². The fourth-order valence-electron chi connectivity index (χ4n) is 4.83. The van der Waals surface area contributed by atoms with E-state index < -0.39 is 0 Å². The van der Waals surface area contributed by atoms with E-state index in [2.05, 4.69) is 53.2 Å². The normalized spacial score (nSPS) is 16.3. The smallest absolute Gasteiger partial charge is 0.118 e. The molecule has 164 valence electrons. The Morgan fingerprint density at radius 2 is 1.47 bits per heavy atom. The van der Waals surface area contributed by atoms with Gasteiger partial charge in [-0.05, 0) is 30.8 Å². The molecule has 5 heteroatoms. The first-order chi connectivity index (χ1) is 15.7. The molecule has 1 atom stereocenters. The number of ether oxygens (including phenoxy) is 1. The van der Waals surface area contributed by atoms with E-state index in [1.54, 1.807) is 7.11 Å². The minimum Gasteiger partial charge on any atom is -0.497 e. The van der Waals surface area contributed by atoms with E-state index in [0.29, 0.717) is 0 Å². The Hall–Kier alpha value is -3.28. The van der Waals surface area contributed by atoms with Crippen LogP contribution in [0.3, 0.4) is 0 Å². The Kier molecular flexibility index (Phi) is 5.60. The largest absolute Gasteiger partial charge is 0.497 e. The van der Waals surface area contributed by atoms with Gasteiger partial charge in [0, 0.05) is 42.7 Å². The van der Waals surface area contributed by atoms with E-state index in [1.807, 2.05) is 42.5 Å². The molecule has 0 unspecified atom stereocenters. The van der Waals surface area contributed by atoms with E-state index in [1.165, 1.54) is 10.3 Å². The summed E-state index contributed by atoms with van der Waals surface area (Å²) in [5, 5.41) is 12.4. The molecule has 0 radical (unpaired) electrons. The Morgan fingerprint density at radius 1 is 0.812 bits per heavy atom. The second-order valence-corrected chi connectivity index (χ2v) is 8.47. The predicted molar refractivity (Wildman–Crippen MR) is 128 cm³/mol. The quantitative estimate of drug-likeness (QED) is 0.461. The number of piperazine rings is 1. The summed E-state index contributed by atoms with van der Waals surface area (Å²) < 4.78 is 6.78. The minimum absolute atomic E-state index is 0.0168. The summed E-state index contributed by atoms with van der Waals surface area (Å²) in [6, 6.07) is 26.7. The van der Waals surface area contributed by atoms with Crippen LogP contribution >= 0.6 is 0 Å². The standard InChI is InChI=1S/C27H29N3O2/c1-28-16-18-29(19-17-28)26(21-12-14-22(32-2)15-13-21)25-23-10-6-7-11-24(23)30(31)27(25)20-8-4-3-5-9-20/h3-15,26,31H,16-19H2,1-2H3/t26-/m1/s1. The van der Waals surface area contributed by atoms with Crippen molar-refractivity contribution < 1.29 is 9.94 Å². The third-order valence-corrected chi connectivity index (χ3v) is 6.54. The van der Waals surface area contributed by atoms with Crippen LogP contribution in [0.5, 0.6) is 5.75 Å². The highest BCUT2D eigenvalue weighted by atomic mass is 16.5. The van der Waals surface area contributed by atoms with Gasteiger partial charge in [0.2, 0.25) is 0 Å². The van der Waals surface area contributed by atoms with Gasteiger partial charge in [-0.3, -0.25) is 4.90 Å². The second-order valence-electron chi connectivity index (χ2n) is 8.47. The molecule has 1 fully saturated rings. The summed E-state index contributed by atoms with van der Waals surface area (Å²) in [6.45, 7) is 3.97. The summed E-state index contributed by atoms with van der Waals surface area (Å²) in [4.78, 5) is 4.91. The van der Waals surface area contributed by atoms with Crippen LogP contribution in [0.2, 0.25) is 0 Å². The maximum atomic E-state index is 11.3. The van der Waals surface area contributed by atoms with Crippen molar-refractivity contribution >= 4 is 10.9 Å². The fraction of sp³-hybridized carbons (Fsp3) is 0.259. The lowest BCUT2D eigenvalue weighted by Crippen LogP contribution is -2.46. The highest BCUT2D eigenvalue weighted by Gasteiger charge is 2.32. The first kappa shape index (κ1) is 20.6. The minimum atomic E-state index is 0.0168. The van der Waals surface area contributed by atoms with Gasteiger partial charge in [-0.2, -0.15) is 4.73 Å². The lowest BCUT2D eigenvalue weighted by molar-refractivity contribution is 0.127. The molecule has 1 aliphatic rings. The van der Waals surface area contributed by atoms with Crippen molar-refractivity contribution in [1.29, 1.82) is 0 Å². The zero-order valence-corrected chi connectivity index (χ0v) is 18.6. The lowest BCUT2D eigenvalue weighted by atomic mass is 9.91. The first-order valence-corrected chi connectivity index (χ1v) is 11.1. The average Bonchev–Trinajstić information content (AvgIpc) is 3.14. The van der Waals surface area contributed by atoms with Gasteiger partial charge >= 0.3 is 0 Å². The summed E-state index contributed by atoms with van der Waals surface area (Å²) in [5.74, 6) is 0.846. The van der Waals surface area contributed by atoms with Crippen molar-refractivity contribution in [1.82, 2.24) is 14.5 Å². The number of rotatable bonds is 5. The van der Waals surface area contributed by atoms with Crippen molar-refractivity contribution in [2.45, 2.75) is 6.04 Å². The fourth-order valence-corrected chi connectivity index (χ4v) is 4.83. The number of para-hydroxylation sites is 1. The lowest BCUT2D eigenvalue weighted by Gasteiger charge is -2.38. The van der Waals surface area contributed by atoms with Crippen LogP contribution in [0.4, 0.5) is 0 Å². The van der Waals surface area contributed by atoms with Crippen molar-refractivity contribution in [3.63, 3.8) is 0 Å². The molecule has 0 amide bonds. The third kappa shape index (κ3) is 3.64. The van der Waals surface area contributed by atoms with Gasteiger partial charge < -0.3 is 14.8 Å². The molecule has 32 heavy (non-hydrogen) atoms. The molecular formula is C27H29N3O2. The van der Waals surface area contributed by atoms with Gasteiger partial charge in [-0.15, -0.1) is 0 Å². The zero-order chi connectivity index (χ0) is 22.1. The number of aromatic nitrogens is 1. The number of hydrogen-bond acceptors (Lipinski definition) is 4. The van der Waals surface area contributed by atoms with Crippen LogP contribution in [0.15, 0.2) is 78.9 Å². The number of hydrogen-bond donors (Lipinski definition) is 1. The van der Waals surface area contributed by atoms with Crippen LogP contribution < -0.4 is 4.74 Å². The van der Waals surface area contributed by atoms with E-state index in [-0.39, 0.29) is 6.04 Å². The number of fused-ring (bicyclic) bond motifs is 1. The first-order valence-electron chi connectivity index (χ1n) is 11.1. The molecule has 0 bridgehead atoms. The molecule has 3 aromatic carbocycles. The van der Waals surface area contributed by atoms with Gasteiger partial charge in [0.1, 0.15) is 5.75 Å². The van der Waals surface area contributed by atoms with Crippen LogP contribution in [-0.2, 0) is 0 Å². The number of methoxy groups -OCH3 is 1. The predicted octanol–water partition coefficient (Wildman–Crippen LogP) is 4.89. The molecule has 1 N–H and O–H groups in total. The Morgan fingerprint density at radius 3 is 2.16 bits per heavy atom. The maximum Gasteiger partial charge on any atom is 0.118 e. The topological polar surface area (TPSA) is 40.9 Å². The molecule has 4 aromatic rings.